The summed E-state index contributed by atoms with van der Waals surface area (Å²) in [6.45, 7) is 6.70. The van der Waals surface area contributed by atoms with Crippen LogP contribution in [-0.2, 0) is 14.2 Å². The lowest BCUT2D eigenvalue weighted by molar-refractivity contribution is -0.175. The van der Waals surface area contributed by atoms with Crippen molar-refractivity contribution in [1.82, 2.24) is 0 Å². The lowest BCUT2D eigenvalue weighted by Gasteiger charge is -2.26. The topological polar surface area (TPSA) is 44.8 Å². The zero-order valence-corrected chi connectivity index (χ0v) is 14.6. The Morgan fingerprint density at radius 1 is 1.23 bits per heavy atom. The predicted molar refractivity (Wildman–Crippen MR) is 90.2 cm³/mol. The number of rotatable bonds is 10. The highest BCUT2D eigenvalue weighted by molar-refractivity contribution is 7.98. The van der Waals surface area contributed by atoms with Gasteiger partial charge in [-0.05, 0) is 43.9 Å². The van der Waals surface area contributed by atoms with Crippen molar-refractivity contribution in [2.24, 2.45) is 5.92 Å². The molecule has 1 rings (SSSR count). The maximum Gasteiger partial charge on any atom is 0.338 e. The van der Waals surface area contributed by atoms with Gasteiger partial charge in [0.05, 0.1) is 11.7 Å². The van der Waals surface area contributed by atoms with Crippen molar-refractivity contribution in [2.45, 2.75) is 33.2 Å². The standard InChI is InChI=1S/C17H26O4S/c1-5-19-14(3)21-16(13(2)12-22-4)11-20-17(18)15-9-7-6-8-10-15/h6-10,13-14,16H,5,11-12H2,1-4H3/t13-,14?,16+/m1/s1. The van der Waals surface area contributed by atoms with Gasteiger partial charge in [0.25, 0.3) is 0 Å². The maximum atomic E-state index is 12.0. The molecule has 0 heterocycles. The smallest absolute Gasteiger partial charge is 0.338 e. The average Bonchev–Trinajstić information content (AvgIpc) is 2.52. The molecule has 0 fully saturated rings. The highest BCUT2D eigenvalue weighted by atomic mass is 32.2. The first-order chi connectivity index (χ1) is 10.6. The molecule has 0 aliphatic heterocycles. The summed E-state index contributed by atoms with van der Waals surface area (Å²) in [7, 11) is 0. The van der Waals surface area contributed by atoms with E-state index >= 15 is 0 Å². The summed E-state index contributed by atoms with van der Waals surface area (Å²) >= 11 is 1.75. The van der Waals surface area contributed by atoms with Crippen LogP contribution >= 0.6 is 11.8 Å². The van der Waals surface area contributed by atoms with Crippen molar-refractivity contribution in [2.75, 3.05) is 25.2 Å². The molecule has 0 saturated carbocycles. The molecule has 0 N–H and O–H groups in total. The van der Waals surface area contributed by atoms with Crippen LogP contribution < -0.4 is 0 Å². The first-order valence-electron chi connectivity index (χ1n) is 7.56. The van der Waals surface area contributed by atoms with Gasteiger partial charge in [-0.15, -0.1) is 0 Å². The van der Waals surface area contributed by atoms with Crippen LogP contribution in [0.5, 0.6) is 0 Å². The number of hydrogen-bond donors (Lipinski definition) is 0. The molecule has 3 atom stereocenters. The van der Waals surface area contributed by atoms with Gasteiger partial charge in [-0.1, -0.05) is 25.1 Å². The van der Waals surface area contributed by atoms with Crippen LogP contribution in [0.2, 0.25) is 0 Å². The number of carbonyl (C=O) groups excluding carboxylic acids is 1. The number of carbonyl (C=O) groups is 1. The first kappa shape index (κ1) is 19.0. The molecule has 0 saturated heterocycles. The second-order valence-electron chi connectivity index (χ2n) is 5.09. The Bertz CT molecular complexity index is 424. The number of benzene rings is 1. The summed E-state index contributed by atoms with van der Waals surface area (Å²) in [5, 5.41) is 0. The molecule has 1 unspecified atom stereocenters. The maximum absolute atomic E-state index is 12.0. The fraction of sp³-hybridized carbons (Fsp3) is 0.588. The highest BCUT2D eigenvalue weighted by Crippen LogP contribution is 2.16. The van der Waals surface area contributed by atoms with Gasteiger partial charge in [-0.3, -0.25) is 0 Å². The van der Waals surface area contributed by atoms with Gasteiger partial charge in [0.2, 0.25) is 0 Å². The zero-order chi connectivity index (χ0) is 16.4. The molecule has 0 aromatic heterocycles. The van der Waals surface area contributed by atoms with Crippen LogP contribution in [0.1, 0.15) is 31.1 Å². The van der Waals surface area contributed by atoms with Crippen LogP contribution in [0, 0.1) is 5.92 Å². The molecular weight excluding hydrogens is 300 g/mol. The Hall–Kier alpha value is -1.04. The second kappa shape index (κ2) is 10.6. The lowest BCUT2D eigenvalue weighted by Crippen LogP contribution is -2.34. The molecule has 0 amide bonds. The monoisotopic (exact) mass is 326 g/mol. The molecule has 0 spiro atoms. The molecule has 1 aromatic carbocycles. The average molecular weight is 326 g/mol. The molecule has 5 heteroatoms. The molecule has 1 aromatic rings. The lowest BCUT2D eigenvalue weighted by atomic mass is 10.1. The number of thioether (sulfide) groups is 1. The third-order valence-corrected chi connectivity index (χ3v) is 4.08. The summed E-state index contributed by atoms with van der Waals surface area (Å²) in [5.74, 6) is 0.878. The van der Waals surface area contributed by atoms with Crippen molar-refractivity contribution < 1.29 is 19.0 Å². The Balaban J connectivity index is 2.57. The summed E-state index contributed by atoms with van der Waals surface area (Å²) in [5.41, 5.74) is 0.552. The summed E-state index contributed by atoms with van der Waals surface area (Å²) < 4.78 is 16.7. The Labute approximate surface area is 137 Å². The summed E-state index contributed by atoms with van der Waals surface area (Å²) in [4.78, 5) is 12.0. The molecule has 0 aliphatic rings. The summed E-state index contributed by atoms with van der Waals surface area (Å²) in [6, 6.07) is 8.99. The fourth-order valence-corrected chi connectivity index (χ4v) is 2.78. The van der Waals surface area contributed by atoms with Crippen molar-refractivity contribution in [3.05, 3.63) is 35.9 Å². The van der Waals surface area contributed by atoms with E-state index in [-0.39, 0.29) is 30.9 Å². The van der Waals surface area contributed by atoms with E-state index < -0.39 is 0 Å². The van der Waals surface area contributed by atoms with E-state index in [9.17, 15) is 4.79 Å². The number of ether oxygens (including phenoxy) is 3. The normalized spacial score (nSPS) is 15.1. The van der Waals surface area contributed by atoms with Gasteiger partial charge in [-0.2, -0.15) is 11.8 Å². The zero-order valence-electron chi connectivity index (χ0n) is 13.8. The molecule has 124 valence electrons. The first-order valence-corrected chi connectivity index (χ1v) is 8.96. The van der Waals surface area contributed by atoms with Crippen LogP contribution in [0.15, 0.2) is 30.3 Å². The second-order valence-corrected chi connectivity index (χ2v) is 6.01. The van der Waals surface area contributed by atoms with Gasteiger partial charge in [0, 0.05) is 6.61 Å². The van der Waals surface area contributed by atoms with Gasteiger partial charge in [0.1, 0.15) is 6.61 Å². The largest absolute Gasteiger partial charge is 0.459 e. The van der Waals surface area contributed by atoms with E-state index in [1.54, 1.807) is 23.9 Å². The fourth-order valence-electron chi connectivity index (χ4n) is 2.04. The van der Waals surface area contributed by atoms with Gasteiger partial charge in [0.15, 0.2) is 6.29 Å². The van der Waals surface area contributed by atoms with E-state index in [1.165, 1.54) is 0 Å². The van der Waals surface area contributed by atoms with E-state index in [4.69, 9.17) is 14.2 Å². The number of esters is 1. The Kier molecular flexibility index (Phi) is 9.20. The molecule has 22 heavy (non-hydrogen) atoms. The van der Waals surface area contributed by atoms with Gasteiger partial charge >= 0.3 is 5.97 Å². The quantitative estimate of drug-likeness (QED) is 0.485. The molecule has 0 aliphatic carbocycles. The van der Waals surface area contributed by atoms with E-state index in [0.717, 1.165) is 5.75 Å². The van der Waals surface area contributed by atoms with E-state index in [2.05, 4.69) is 13.2 Å². The highest BCUT2D eigenvalue weighted by Gasteiger charge is 2.22. The van der Waals surface area contributed by atoms with Gasteiger partial charge < -0.3 is 14.2 Å². The van der Waals surface area contributed by atoms with Crippen molar-refractivity contribution in [3.63, 3.8) is 0 Å². The molecule has 0 radical (unpaired) electrons. The van der Waals surface area contributed by atoms with Gasteiger partial charge in [-0.25, -0.2) is 4.79 Å². The Morgan fingerprint density at radius 3 is 2.50 bits per heavy atom. The van der Waals surface area contributed by atoms with Crippen LogP contribution in [0.3, 0.4) is 0 Å². The third kappa shape index (κ3) is 6.81. The minimum Gasteiger partial charge on any atom is -0.459 e. The van der Waals surface area contributed by atoms with E-state index in [0.29, 0.717) is 12.2 Å². The third-order valence-electron chi connectivity index (χ3n) is 3.22. The van der Waals surface area contributed by atoms with Crippen LogP contribution in [-0.4, -0.2) is 43.6 Å². The molecular formula is C17H26O4S. The van der Waals surface area contributed by atoms with E-state index in [1.807, 2.05) is 32.0 Å². The molecule has 4 nitrogen and oxygen atoms in total. The Morgan fingerprint density at radius 2 is 1.91 bits per heavy atom. The minimum absolute atomic E-state index is 0.179. The van der Waals surface area contributed by atoms with Crippen LogP contribution in [0.4, 0.5) is 0 Å². The van der Waals surface area contributed by atoms with Crippen LogP contribution in [0.25, 0.3) is 0 Å². The number of hydrogen-bond acceptors (Lipinski definition) is 5. The minimum atomic E-state index is -0.324. The summed E-state index contributed by atoms with van der Waals surface area (Å²) in [6.07, 6.45) is 1.56. The predicted octanol–water partition coefficient (Wildman–Crippen LogP) is 3.61. The van der Waals surface area contributed by atoms with Crippen molar-refractivity contribution in [3.8, 4) is 0 Å². The van der Waals surface area contributed by atoms with Crippen molar-refractivity contribution in [1.29, 1.82) is 0 Å². The SMILES string of the molecule is CCOC(C)O[C@@H](COC(=O)c1ccccc1)[C@H](C)CSC. The molecule has 0 bridgehead atoms. The van der Waals surface area contributed by atoms with Crippen molar-refractivity contribution >= 4 is 17.7 Å².